The Morgan fingerprint density at radius 3 is 2.75 bits per heavy atom. The molecule has 7 nitrogen and oxygen atoms in total. The van der Waals surface area contributed by atoms with Gasteiger partial charge in [0, 0.05) is 19.6 Å². The van der Waals surface area contributed by atoms with Gasteiger partial charge in [-0.25, -0.2) is 4.68 Å². The third-order valence-electron chi connectivity index (χ3n) is 4.00. The minimum Gasteiger partial charge on any atom is -0.348 e. The van der Waals surface area contributed by atoms with E-state index in [9.17, 15) is 10.1 Å². The number of rotatable bonds is 5. The fraction of sp³-hybridized carbons (Fsp3) is 0.769. The third-order valence-corrected chi connectivity index (χ3v) is 4.00. The van der Waals surface area contributed by atoms with Crippen LogP contribution in [0.2, 0.25) is 0 Å². The molecule has 1 aliphatic heterocycles. The van der Waals surface area contributed by atoms with Gasteiger partial charge in [-0.05, 0) is 32.2 Å². The van der Waals surface area contributed by atoms with Crippen molar-refractivity contribution < 1.29 is 4.92 Å². The third kappa shape index (κ3) is 2.49. The molecule has 2 N–H and O–H groups in total. The maximum Gasteiger partial charge on any atom is 0.334 e. The molecule has 1 aliphatic rings. The highest BCUT2D eigenvalue weighted by molar-refractivity contribution is 5.62. The normalized spacial score (nSPS) is 22.5. The molecular formula is C13H23N5O2. The van der Waals surface area contributed by atoms with Crippen LogP contribution < -0.4 is 10.6 Å². The Morgan fingerprint density at radius 1 is 1.55 bits per heavy atom. The lowest BCUT2D eigenvalue weighted by Crippen LogP contribution is -2.30. The van der Waals surface area contributed by atoms with Gasteiger partial charge in [-0.1, -0.05) is 13.3 Å². The number of aryl methyl sites for hydroxylation is 2. The van der Waals surface area contributed by atoms with Crippen LogP contribution in [-0.4, -0.2) is 33.8 Å². The minimum absolute atomic E-state index is 0.166. The zero-order chi connectivity index (χ0) is 14.9. The van der Waals surface area contributed by atoms with Gasteiger partial charge in [-0.2, -0.15) is 5.10 Å². The first-order valence-electron chi connectivity index (χ1n) is 7.16. The van der Waals surface area contributed by atoms with E-state index >= 15 is 0 Å². The molecule has 0 saturated carbocycles. The van der Waals surface area contributed by atoms with Gasteiger partial charge in [0.15, 0.2) is 0 Å². The zero-order valence-corrected chi connectivity index (χ0v) is 12.4. The van der Waals surface area contributed by atoms with E-state index in [0.29, 0.717) is 30.4 Å². The fourth-order valence-electron chi connectivity index (χ4n) is 3.08. The summed E-state index contributed by atoms with van der Waals surface area (Å²) in [5.74, 6) is 1.02. The molecule has 2 atom stereocenters. The Kier molecular flexibility index (Phi) is 4.27. The van der Waals surface area contributed by atoms with Gasteiger partial charge >= 0.3 is 5.69 Å². The van der Waals surface area contributed by atoms with Crippen molar-refractivity contribution in [3.8, 4) is 0 Å². The standard InChI is InChI=1S/C13H23N5O2/c1-4-5-11-12(18(19)20)13(16(3)15-11)17-8-10(7-14)6-9(17)2/h9-10H,4-8,14H2,1-3H3. The first-order chi connectivity index (χ1) is 9.49. The lowest BCUT2D eigenvalue weighted by molar-refractivity contribution is -0.384. The van der Waals surface area contributed by atoms with Crippen molar-refractivity contribution in [1.82, 2.24) is 9.78 Å². The lowest BCUT2D eigenvalue weighted by atomic mass is 10.1. The minimum atomic E-state index is -0.296. The average Bonchev–Trinajstić information content (AvgIpc) is 2.90. The van der Waals surface area contributed by atoms with Crippen molar-refractivity contribution in [3.05, 3.63) is 15.8 Å². The maximum atomic E-state index is 11.4. The second kappa shape index (κ2) is 5.78. The highest BCUT2D eigenvalue weighted by Gasteiger charge is 2.37. The molecule has 2 heterocycles. The summed E-state index contributed by atoms with van der Waals surface area (Å²) < 4.78 is 1.65. The Hall–Kier alpha value is -1.63. The molecule has 2 unspecified atom stereocenters. The molecule has 1 saturated heterocycles. The van der Waals surface area contributed by atoms with Crippen LogP contribution in [-0.2, 0) is 13.5 Å². The first kappa shape index (κ1) is 14.8. The number of nitrogens with zero attached hydrogens (tertiary/aromatic N) is 4. The van der Waals surface area contributed by atoms with E-state index in [1.165, 1.54) is 0 Å². The summed E-state index contributed by atoms with van der Waals surface area (Å²) in [5, 5.41) is 15.8. The quantitative estimate of drug-likeness (QED) is 0.651. The van der Waals surface area contributed by atoms with Gasteiger partial charge < -0.3 is 10.6 Å². The average molecular weight is 281 g/mol. The SMILES string of the molecule is CCCc1nn(C)c(N2CC(CN)CC2C)c1[N+](=O)[O-]. The topological polar surface area (TPSA) is 90.2 Å². The first-order valence-corrected chi connectivity index (χ1v) is 7.16. The Balaban J connectivity index is 2.43. The van der Waals surface area contributed by atoms with E-state index < -0.39 is 0 Å². The molecule has 0 radical (unpaired) electrons. The van der Waals surface area contributed by atoms with Gasteiger partial charge in [0.2, 0.25) is 5.82 Å². The molecule has 1 fully saturated rings. The maximum absolute atomic E-state index is 11.4. The number of aromatic nitrogens is 2. The van der Waals surface area contributed by atoms with Crippen LogP contribution in [0.3, 0.4) is 0 Å². The molecule has 0 amide bonds. The molecule has 112 valence electrons. The summed E-state index contributed by atoms with van der Waals surface area (Å²) in [6.45, 7) is 5.48. The van der Waals surface area contributed by atoms with Gasteiger partial charge in [-0.3, -0.25) is 10.1 Å². The highest BCUT2D eigenvalue weighted by atomic mass is 16.6. The van der Waals surface area contributed by atoms with Crippen LogP contribution in [0.1, 0.15) is 32.4 Å². The molecule has 20 heavy (non-hydrogen) atoms. The second-order valence-corrected chi connectivity index (χ2v) is 5.59. The molecule has 0 bridgehead atoms. The van der Waals surface area contributed by atoms with Gasteiger partial charge in [-0.15, -0.1) is 0 Å². The molecule has 7 heteroatoms. The van der Waals surface area contributed by atoms with Crippen LogP contribution in [0.25, 0.3) is 0 Å². The van der Waals surface area contributed by atoms with E-state index in [-0.39, 0.29) is 16.7 Å². The summed E-state index contributed by atoms with van der Waals surface area (Å²) in [4.78, 5) is 13.2. The van der Waals surface area contributed by atoms with Crippen LogP contribution in [0, 0.1) is 16.0 Å². The summed E-state index contributed by atoms with van der Waals surface area (Å²) >= 11 is 0. The Morgan fingerprint density at radius 2 is 2.25 bits per heavy atom. The smallest absolute Gasteiger partial charge is 0.334 e. The van der Waals surface area contributed by atoms with Gasteiger partial charge in [0.1, 0.15) is 5.69 Å². The number of hydrogen-bond donors (Lipinski definition) is 1. The van der Waals surface area contributed by atoms with Crippen molar-refractivity contribution in [2.75, 3.05) is 18.0 Å². The predicted octanol–water partition coefficient (Wildman–Crippen LogP) is 1.45. The van der Waals surface area contributed by atoms with Crippen LogP contribution in [0.5, 0.6) is 0 Å². The summed E-state index contributed by atoms with van der Waals surface area (Å²) in [7, 11) is 1.78. The van der Waals surface area contributed by atoms with Crippen molar-refractivity contribution in [2.24, 2.45) is 18.7 Å². The molecule has 2 rings (SSSR count). The van der Waals surface area contributed by atoms with Gasteiger partial charge in [0.05, 0.1) is 4.92 Å². The van der Waals surface area contributed by atoms with Crippen LogP contribution in [0.4, 0.5) is 11.5 Å². The number of nitro groups is 1. The second-order valence-electron chi connectivity index (χ2n) is 5.59. The number of hydrogen-bond acceptors (Lipinski definition) is 5. The fourth-order valence-corrected chi connectivity index (χ4v) is 3.08. The van der Waals surface area contributed by atoms with E-state index in [0.717, 1.165) is 19.4 Å². The van der Waals surface area contributed by atoms with Crippen molar-refractivity contribution in [3.63, 3.8) is 0 Å². The van der Waals surface area contributed by atoms with Crippen LogP contribution in [0.15, 0.2) is 0 Å². The van der Waals surface area contributed by atoms with Crippen LogP contribution >= 0.6 is 0 Å². The summed E-state index contributed by atoms with van der Waals surface area (Å²) in [5.41, 5.74) is 6.49. The molecule has 1 aromatic rings. The zero-order valence-electron chi connectivity index (χ0n) is 12.4. The summed E-state index contributed by atoms with van der Waals surface area (Å²) in [6, 6.07) is 0.257. The van der Waals surface area contributed by atoms with E-state index in [1.54, 1.807) is 11.7 Å². The number of anilines is 1. The number of nitrogens with two attached hydrogens (primary N) is 1. The van der Waals surface area contributed by atoms with E-state index in [4.69, 9.17) is 5.73 Å². The molecular weight excluding hydrogens is 258 g/mol. The monoisotopic (exact) mass is 281 g/mol. The lowest BCUT2D eigenvalue weighted by Gasteiger charge is -2.22. The Bertz CT molecular complexity index is 499. The molecule has 1 aromatic heterocycles. The van der Waals surface area contributed by atoms with Gasteiger partial charge in [0.25, 0.3) is 0 Å². The van der Waals surface area contributed by atoms with Crippen molar-refractivity contribution >= 4 is 11.5 Å². The molecule has 0 aliphatic carbocycles. The van der Waals surface area contributed by atoms with E-state index in [2.05, 4.69) is 16.9 Å². The predicted molar refractivity (Wildman–Crippen MR) is 77.8 cm³/mol. The highest BCUT2D eigenvalue weighted by Crippen LogP contribution is 2.37. The molecule has 0 spiro atoms. The molecule has 0 aromatic carbocycles. The van der Waals surface area contributed by atoms with E-state index in [1.807, 2.05) is 6.92 Å². The largest absolute Gasteiger partial charge is 0.348 e. The Labute approximate surface area is 118 Å². The van der Waals surface area contributed by atoms with Crippen molar-refractivity contribution in [1.29, 1.82) is 0 Å². The van der Waals surface area contributed by atoms with Crippen molar-refractivity contribution in [2.45, 2.75) is 39.2 Å². The summed E-state index contributed by atoms with van der Waals surface area (Å²) in [6.07, 6.45) is 2.45.